The molecule has 0 aromatic heterocycles. The maximum Gasteiger partial charge on any atom is 0.241 e. The Morgan fingerprint density at radius 1 is 1.20 bits per heavy atom. The molecule has 132 valence electrons. The molecule has 0 saturated carbocycles. The first-order valence-electron chi connectivity index (χ1n) is 8.92. The number of aryl methyl sites for hydroxylation is 3. The van der Waals surface area contributed by atoms with Crippen LogP contribution in [-0.4, -0.2) is 25.6 Å². The van der Waals surface area contributed by atoms with E-state index in [0.29, 0.717) is 0 Å². The van der Waals surface area contributed by atoms with Crippen LogP contribution in [0.3, 0.4) is 0 Å². The van der Waals surface area contributed by atoms with E-state index < -0.39 is 0 Å². The summed E-state index contributed by atoms with van der Waals surface area (Å²) in [4.78, 5) is 12.1. The van der Waals surface area contributed by atoms with Crippen molar-refractivity contribution in [2.24, 2.45) is 0 Å². The van der Waals surface area contributed by atoms with Gasteiger partial charge in [-0.2, -0.15) is 0 Å². The van der Waals surface area contributed by atoms with Crippen LogP contribution in [0, 0.1) is 6.92 Å². The Kier molecular flexibility index (Phi) is 5.71. The van der Waals surface area contributed by atoms with Gasteiger partial charge >= 0.3 is 0 Å². The molecular formula is C21H26N2O2. The fourth-order valence-electron chi connectivity index (χ4n) is 3.25. The second-order valence-corrected chi connectivity index (χ2v) is 6.63. The van der Waals surface area contributed by atoms with Crippen molar-refractivity contribution >= 4 is 11.6 Å². The molecule has 1 saturated heterocycles. The highest BCUT2D eigenvalue weighted by molar-refractivity contribution is 5.95. The molecule has 1 aliphatic heterocycles. The number of amides is 1. The molecule has 0 spiro atoms. The van der Waals surface area contributed by atoms with Gasteiger partial charge in [-0.15, -0.1) is 0 Å². The number of anilines is 1. The summed E-state index contributed by atoms with van der Waals surface area (Å²) in [6.07, 6.45) is 3.96. The van der Waals surface area contributed by atoms with Crippen LogP contribution in [0.5, 0.6) is 5.75 Å². The number of hydrogen-bond acceptors (Lipinski definition) is 3. The molecule has 4 nitrogen and oxygen atoms in total. The summed E-state index contributed by atoms with van der Waals surface area (Å²) in [5.74, 6) is 0.970. The van der Waals surface area contributed by atoms with Gasteiger partial charge in [0.05, 0.1) is 13.2 Å². The van der Waals surface area contributed by atoms with Crippen LogP contribution in [0.15, 0.2) is 42.5 Å². The Balaban J connectivity index is 1.54. The minimum absolute atomic E-state index is 0.0438. The number of nitrogens with one attached hydrogen (secondary N) is 2. The molecule has 1 heterocycles. The van der Waals surface area contributed by atoms with E-state index in [1.54, 1.807) is 7.11 Å². The van der Waals surface area contributed by atoms with Gasteiger partial charge in [-0.1, -0.05) is 18.2 Å². The zero-order chi connectivity index (χ0) is 17.6. The predicted molar refractivity (Wildman–Crippen MR) is 101 cm³/mol. The lowest BCUT2D eigenvalue weighted by Gasteiger charge is -2.12. The van der Waals surface area contributed by atoms with Gasteiger partial charge in [0, 0.05) is 5.69 Å². The van der Waals surface area contributed by atoms with E-state index in [-0.39, 0.29) is 11.9 Å². The highest BCUT2D eigenvalue weighted by Crippen LogP contribution is 2.19. The van der Waals surface area contributed by atoms with Crippen molar-refractivity contribution in [1.29, 1.82) is 0 Å². The van der Waals surface area contributed by atoms with Gasteiger partial charge in [-0.05, 0) is 80.1 Å². The van der Waals surface area contributed by atoms with Gasteiger partial charge in [0.25, 0.3) is 0 Å². The molecule has 1 fully saturated rings. The van der Waals surface area contributed by atoms with Gasteiger partial charge in [-0.25, -0.2) is 0 Å². The van der Waals surface area contributed by atoms with Crippen LogP contribution < -0.4 is 15.4 Å². The SMILES string of the molecule is COc1ccc(CCc2ccc(NC(=O)C3CCCN3)cc2)c(C)c1. The molecule has 2 aromatic rings. The average molecular weight is 338 g/mol. The van der Waals surface area contributed by atoms with Crippen molar-refractivity contribution in [3.05, 3.63) is 59.2 Å². The summed E-state index contributed by atoms with van der Waals surface area (Å²) < 4.78 is 5.26. The Labute approximate surface area is 149 Å². The first kappa shape index (κ1) is 17.5. The van der Waals surface area contributed by atoms with Crippen LogP contribution >= 0.6 is 0 Å². The van der Waals surface area contributed by atoms with Gasteiger partial charge in [0.1, 0.15) is 5.75 Å². The summed E-state index contributed by atoms with van der Waals surface area (Å²) in [7, 11) is 1.69. The molecule has 1 atom stereocenters. The molecule has 0 aliphatic carbocycles. The quantitative estimate of drug-likeness (QED) is 0.848. The van der Waals surface area contributed by atoms with Crippen molar-refractivity contribution in [3.63, 3.8) is 0 Å². The molecule has 1 amide bonds. The van der Waals surface area contributed by atoms with Gasteiger partial charge in [-0.3, -0.25) is 4.79 Å². The zero-order valence-corrected chi connectivity index (χ0v) is 15.0. The minimum Gasteiger partial charge on any atom is -0.497 e. The number of benzene rings is 2. The molecule has 25 heavy (non-hydrogen) atoms. The highest BCUT2D eigenvalue weighted by atomic mass is 16.5. The van der Waals surface area contributed by atoms with Crippen molar-refractivity contribution in [2.45, 2.75) is 38.6 Å². The molecule has 3 rings (SSSR count). The molecule has 2 N–H and O–H groups in total. The van der Waals surface area contributed by atoms with E-state index in [4.69, 9.17) is 4.74 Å². The number of carbonyl (C=O) groups excluding carboxylic acids is 1. The van der Waals surface area contributed by atoms with E-state index in [9.17, 15) is 4.79 Å². The molecule has 1 unspecified atom stereocenters. The normalized spacial score (nSPS) is 16.6. The number of hydrogen-bond donors (Lipinski definition) is 2. The highest BCUT2D eigenvalue weighted by Gasteiger charge is 2.21. The number of ether oxygens (including phenoxy) is 1. The van der Waals surface area contributed by atoms with Crippen molar-refractivity contribution in [2.75, 3.05) is 19.0 Å². The maximum absolute atomic E-state index is 12.1. The van der Waals surface area contributed by atoms with E-state index in [2.05, 4.69) is 41.8 Å². The van der Waals surface area contributed by atoms with Gasteiger partial charge in [0.2, 0.25) is 5.91 Å². The zero-order valence-electron chi connectivity index (χ0n) is 15.0. The average Bonchev–Trinajstić information content (AvgIpc) is 3.16. The third kappa shape index (κ3) is 4.60. The van der Waals surface area contributed by atoms with Gasteiger partial charge < -0.3 is 15.4 Å². The number of rotatable bonds is 6. The predicted octanol–water partition coefficient (Wildman–Crippen LogP) is 3.48. The monoisotopic (exact) mass is 338 g/mol. The summed E-state index contributed by atoms with van der Waals surface area (Å²) in [5.41, 5.74) is 4.73. The molecular weight excluding hydrogens is 312 g/mol. The third-order valence-electron chi connectivity index (χ3n) is 4.83. The van der Waals surface area contributed by atoms with Crippen LogP contribution in [0.25, 0.3) is 0 Å². The lowest BCUT2D eigenvalue weighted by Crippen LogP contribution is -2.35. The van der Waals surface area contributed by atoms with Crippen LogP contribution in [0.1, 0.15) is 29.5 Å². The summed E-state index contributed by atoms with van der Waals surface area (Å²) in [6.45, 7) is 3.05. The molecule has 2 aromatic carbocycles. The topological polar surface area (TPSA) is 50.4 Å². The molecule has 0 bridgehead atoms. The van der Waals surface area contributed by atoms with Crippen LogP contribution in [-0.2, 0) is 17.6 Å². The fraction of sp³-hybridized carbons (Fsp3) is 0.381. The van der Waals surface area contributed by atoms with E-state index in [1.165, 1.54) is 16.7 Å². The third-order valence-corrected chi connectivity index (χ3v) is 4.83. The lowest BCUT2D eigenvalue weighted by molar-refractivity contribution is -0.117. The maximum atomic E-state index is 12.1. The second kappa shape index (κ2) is 8.17. The van der Waals surface area contributed by atoms with E-state index >= 15 is 0 Å². The van der Waals surface area contributed by atoms with Crippen molar-refractivity contribution < 1.29 is 9.53 Å². The molecule has 4 heteroatoms. The van der Waals surface area contributed by atoms with E-state index in [0.717, 1.165) is 43.7 Å². The number of methoxy groups -OCH3 is 1. The minimum atomic E-state index is -0.0438. The van der Waals surface area contributed by atoms with Gasteiger partial charge in [0.15, 0.2) is 0 Å². The standard InChI is InChI=1S/C21H26N2O2/c1-15-14-19(25-2)12-9-17(15)8-5-16-6-10-18(11-7-16)23-21(24)20-4-3-13-22-20/h6-7,9-12,14,20,22H,3-5,8,13H2,1-2H3,(H,23,24). The first-order valence-corrected chi connectivity index (χ1v) is 8.92. The molecule has 1 aliphatic rings. The first-order chi connectivity index (χ1) is 12.2. The fourth-order valence-corrected chi connectivity index (χ4v) is 3.25. The van der Waals surface area contributed by atoms with Crippen LogP contribution in [0.2, 0.25) is 0 Å². The van der Waals surface area contributed by atoms with Crippen molar-refractivity contribution in [3.8, 4) is 5.75 Å². The summed E-state index contributed by atoms with van der Waals surface area (Å²) >= 11 is 0. The Hall–Kier alpha value is -2.33. The second-order valence-electron chi connectivity index (χ2n) is 6.63. The Morgan fingerprint density at radius 3 is 2.64 bits per heavy atom. The van der Waals surface area contributed by atoms with Crippen molar-refractivity contribution in [1.82, 2.24) is 5.32 Å². The summed E-state index contributed by atoms with van der Waals surface area (Å²) in [6, 6.07) is 14.3. The lowest BCUT2D eigenvalue weighted by atomic mass is 10.00. The Morgan fingerprint density at radius 2 is 2.00 bits per heavy atom. The number of carbonyl (C=O) groups is 1. The van der Waals surface area contributed by atoms with Crippen LogP contribution in [0.4, 0.5) is 5.69 Å². The molecule has 0 radical (unpaired) electrons. The largest absolute Gasteiger partial charge is 0.497 e. The van der Waals surface area contributed by atoms with E-state index in [1.807, 2.05) is 18.2 Å². The smallest absolute Gasteiger partial charge is 0.241 e. The summed E-state index contributed by atoms with van der Waals surface area (Å²) in [5, 5.41) is 6.21. The Bertz CT molecular complexity index is 719.